The molecule has 18 heteroatoms. The molecule has 2 aromatic rings. The van der Waals surface area contributed by atoms with Gasteiger partial charge >= 0.3 is 11.4 Å². The van der Waals surface area contributed by atoms with Gasteiger partial charge in [0.25, 0.3) is 11.1 Å². The molecule has 0 spiro atoms. The van der Waals surface area contributed by atoms with E-state index in [-0.39, 0.29) is 35.9 Å². The van der Waals surface area contributed by atoms with Crippen LogP contribution >= 0.6 is 0 Å². The molecule has 2 aliphatic heterocycles. The highest BCUT2D eigenvalue weighted by molar-refractivity contribution is 5.07. The van der Waals surface area contributed by atoms with Crippen molar-refractivity contribution in [1.29, 1.82) is 0 Å². The molecular formula is C36H58N10O8. The number of nitrogens with zero attached hydrogens (tertiary/aromatic N) is 10. The van der Waals surface area contributed by atoms with Crippen molar-refractivity contribution in [3.8, 4) is 0 Å². The maximum atomic E-state index is 13.0. The Bertz CT molecular complexity index is 1940. The molecular weight excluding hydrogens is 700 g/mol. The molecule has 0 amide bonds. The van der Waals surface area contributed by atoms with Crippen molar-refractivity contribution in [2.75, 3.05) is 19.8 Å². The minimum Gasteiger partial charge on any atom is -0.378 e. The van der Waals surface area contributed by atoms with Crippen molar-refractivity contribution in [2.45, 2.75) is 150 Å². The van der Waals surface area contributed by atoms with Gasteiger partial charge in [0.1, 0.15) is 12.5 Å². The Labute approximate surface area is 315 Å². The SMILES string of the molecule is Cc1cn([C@H]2CC(N=[N+]=[N-])[C@@H](COC(C)(C)C)O2)c(=O)n(C(C)(C)C)c1=O.Cc1cn([C@H]2CC(N=[N+]=[N-])[C@@H](COCC(C)C)O2)c(=O)n(CC(C)C)c1=O. The fraction of sp³-hybridized carbons (Fsp3) is 0.778. The first-order chi connectivity index (χ1) is 25.1. The molecule has 4 rings (SSSR count). The van der Waals surface area contributed by atoms with Crippen LogP contribution in [0.15, 0.2) is 41.8 Å². The summed E-state index contributed by atoms with van der Waals surface area (Å²) < 4.78 is 28.7. The summed E-state index contributed by atoms with van der Waals surface area (Å²) in [7, 11) is 0. The van der Waals surface area contributed by atoms with Crippen molar-refractivity contribution in [3.63, 3.8) is 0 Å². The van der Waals surface area contributed by atoms with Crippen LogP contribution in [0.2, 0.25) is 0 Å². The summed E-state index contributed by atoms with van der Waals surface area (Å²) in [6.07, 6.45) is 1.61. The van der Waals surface area contributed by atoms with Gasteiger partial charge in [0, 0.05) is 64.9 Å². The Morgan fingerprint density at radius 2 is 1.26 bits per heavy atom. The van der Waals surface area contributed by atoms with Gasteiger partial charge in [0.15, 0.2) is 0 Å². The van der Waals surface area contributed by atoms with Crippen molar-refractivity contribution in [3.05, 3.63) is 86.1 Å². The van der Waals surface area contributed by atoms with Gasteiger partial charge in [-0.05, 0) is 78.3 Å². The van der Waals surface area contributed by atoms with Gasteiger partial charge in [-0.2, -0.15) is 0 Å². The Morgan fingerprint density at radius 1 is 0.778 bits per heavy atom. The van der Waals surface area contributed by atoms with E-state index in [1.165, 1.54) is 30.7 Å². The van der Waals surface area contributed by atoms with Gasteiger partial charge in [-0.3, -0.25) is 27.9 Å². The van der Waals surface area contributed by atoms with Crippen LogP contribution < -0.4 is 22.5 Å². The van der Waals surface area contributed by atoms with Crippen molar-refractivity contribution in [1.82, 2.24) is 18.3 Å². The minimum absolute atomic E-state index is 0.156. The van der Waals surface area contributed by atoms with Crippen LogP contribution in [0.5, 0.6) is 0 Å². The van der Waals surface area contributed by atoms with E-state index in [0.29, 0.717) is 43.0 Å². The van der Waals surface area contributed by atoms with Crippen molar-refractivity contribution in [2.24, 2.45) is 22.1 Å². The lowest BCUT2D eigenvalue weighted by molar-refractivity contribution is -0.0859. The third-order valence-corrected chi connectivity index (χ3v) is 8.71. The minimum atomic E-state index is -0.667. The first kappa shape index (κ1) is 44.2. The topological polar surface area (TPSA) is 222 Å². The average Bonchev–Trinajstić information content (AvgIpc) is 3.65. The van der Waals surface area contributed by atoms with Crippen LogP contribution in [0.1, 0.15) is 106 Å². The van der Waals surface area contributed by atoms with E-state index < -0.39 is 53.7 Å². The molecule has 2 unspecified atom stereocenters. The highest BCUT2D eigenvalue weighted by atomic mass is 16.6. The standard InChI is InChI=1S/2C18H29N5O4/c1-11-9-22(16(25)23(15(11)24)17(2,3)4)14-8-12(20-21-19)13(27-14)10-26-18(5,6)7;1-11(2)7-23-17(24)13(5)8-22(18(23)25)16-6-14(20-21-19)15(27-16)10-26-9-12(3)4/h9,12-14H,8,10H2,1-7H3;8,11-12,14-16H,6-7,9-10H2,1-5H3/t12?,13-,14-;14?,15-,16-/m11/s1. The normalized spacial score (nSPS) is 22.9. The molecule has 300 valence electrons. The van der Waals surface area contributed by atoms with Crippen LogP contribution in [0, 0.1) is 25.7 Å². The second kappa shape index (κ2) is 18.4. The van der Waals surface area contributed by atoms with E-state index in [1.54, 1.807) is 34.6 Å². The molecule has 0 aliphatic carbocycles. The Morgan fingerprint density at radius 3 is 1.70 bits per heavy atom. The second-order valence-electron chi connectivity index (χ2n) is 16.8. The molecule has 0 saturated carbocycles. The van der Waals surface area contributed by atoms with Gasteiger partial charge in [0.05, 0.1) is 43.1 Å². The molecule has 0 radical (unpaired) electrons. The quantitative estimate of drug-likeness (QED) is 0.153. The molecule has 6 atom stereocenters. The number of azide groups is 2. The largest absolute Gasteiger partial charge is 0.378 e. The van der Waals surface area contributed by atoms with Gasteiger partial charge in [-0.1, -0.05) is 37.9 Å². The molecule has 2 aromatic heterocycles. The number of aromatic nitrogens is 4. The Hall–Kier alpha value is -4.18. The van der Waals surface area contributed by atoms with E-state index in [1.807, 2.05) is 48.5 Å². The van der Waals surface area contributed by atoms with Crippen LogP contribution in [0.4, 0.5) is 0 Å². The Kier molecular flexibility index (Phi) is 15.1. The summed E-state index contributed by atoms with van der Waals surface area (Å²) in [6.45, 7) is 24.0. The van der Waals surface area contributed by atoms with Gasteiger partial charge < -0.3 is 18.9 Å². The predicted octanol–water partition coefficient (Wildman–Crippen LogP) is 5.47. The monoisotopic (exact) mass is 758 g/mol. The fourth-order valence-electron chi connectivity index (χ4n) is 6.19. The Balaban J connectivity index is 0.000000290. The number of ether oxygens (including phenoxy) is 4. The van der Waals surface area contributed by atoms with E-state index >= 15 is 0 Å². The van der Waals surface area contributed by atoms with E-state index in [0.717, 1.165) is 0 Å². The average molecular weight is 759 g/mol. The summed E-state index contributed by atoms with van der Waals surface area (Å²) in [5.74, 6) is 0.535. The van der Waals surface area contributed by atoms with E-state index in [9.17, 15) is 19.2 Å². The fourth-order valence-corrected chi connectivity index (χ4v) is 6.19. The number of aryl methyl sites for hydroxylation is 2. The molecule has 18 nitrogen and oxygen atoms in total. The molecule has 0 bridgehead atoms. The van der Waals surface area contributed by atoms with E-state index in [4.69, 9.17) is 30.0 Å². The van der Waals surface area contributed by atoms with E-state index in [2.05, 4.69) is 20.1 Å². The lowest BCUT2D eigenvalue weighted by atomic mass is 10.1. The molecule has 0 aromatic carbocycles. The summed E-state index contributed by atoms with van der Waals surface area (Å²) >= 11 is 0. The first-order valence-electron chi connectivity index (χ1n) is 18.4. The first-order valence-corrected chi connectivity index (χ1v) is 18.4. The zero-order chi connectivity index (χ0) is 40.7. The van der Waals surface area contributed by atoms with Crippen LogP contribution in [-0.2, 0) is 31.0 Å². The molecule has 0 N–H and O–H groups in total. The zero-order valence-electron chi connectivity index (χ0n) is 33.8. The summed E-state index contributed by atoms with van der Waals surface area (Å²) in [6, 6.07) is -0.880. The molecule has 4 heterocycles. The van der Waals surface area contributed by atoms with Gasteiger partial charge in [-0.15, -0.1) is 0 Å². The van der Waals surface area contributed by atoms with Crippen molar-refractivity contribution >= 4 is 0 Å². The number of hydrogen-bond donors (Lipinski definition) is 0. The molecule has 2 fully saturated rings. The highest BCUT2D eigenvalue weighted by Crippen LogP contribution is 2.32. The highest BCUT2D eigenvalue weighted by Gasteiger charge is 2.39. The summed E-state index contributed by atoms with van der Waals surface area (Å²) in [5.41, 5.74) is 16.1. The van der Waals surface area contributed by atoms with Crippen LogP contribution in [0.25, 0.3) is 20.9 Å². The molecule has 54 heavy (non-hydrogen) atoms. The third-order valence-electron chi connectivity index (χ3n) is 8.71. The maximum absolute atomic E-state index is 13.0. The third kappa shape index (κ3) is 11.4. The lowest BCUT2D eigenvalue weighted by Crippen LogP contribution is -2.49. The van der Waals surface area contributed by atoms with Crippen LogP contribution in [-0.4, -0.2) is 68.0 Å². The number of hydrogen-bond acceptors (Lipinski definition) is 10. The van der Waals surface area contributed by atoms with Crippen molar-refractivity contribution < 1.29 is 18.9 Å². The summed E-state index contributed by atoms with van der Waals surface area (Å²) in [5, 5.41) is 7.62. The zero-order valence-corrected chi connectivity index (χ0v) is 33.8. The molecule has 2 saturated heterocycles. The predicted molar refractivity (Wildman–Crippen MR) is 204 cm³/mol. The van der Waals surface area contributed by atoms with Gasteiger partial charge in [0.2, 0.25) is 0 Å². The smallest absolute Gasteiger partial charge is 0.333 e. The van der Waals surface area contributed by atoms with Gasteiger partial charge in [-0.25, -0.2) is 9.59 Å². The summed E-state index contributed by atoms with van der Waals surface area (Å²) in [4.78, 5) is 56.4. The molecule has 2 aliphatic rings. The maximum Gasteiger partial charge on any atom is 0.333 e. The van der Waals surface area contributed by atoms with Crippen LogP contribution in [0.3, 0.4) is 0 Å². The second-order valence-corrected chi connectivity index (χ2v) is 16.8. The lowest BCUT2D eigenvalue weighted by Gasteiger charge is -2.25. The number of rotatable bonds is 12.